The maximum absolute atomic E-state index is 10.1. The van der Waals surface area contributed by atoms with Gasteiger partial charge in [-0.15, -0.1) is 0 Å². The molecule has 3 N–H and O–H groups in total. The fourth-order valence-corrected chi connectivity index (χ4v) is 1.44. The second kappa shape index (κ2) is 4.21. The number of phosphoric acid groups is 1. The van der Waals surface area contributed by atoms with Crippen LogP contribution in [0.15, 0.2) is 0 Å². The molecule has 0 amide bonds. The summed E-state index contributed by atoms with van der Waals surface area (Å²) in [6, 6.07) is 0. The minimum Gasteiger partial charge on any atom is -0.790 e. The Morgan fingerprint density at radius 3 is 2.36 bits per heavy atom. The van der Waals surface area contributed by atoms with Crippen molar-refractivity contribution in [2.75, 3.05) is 6.61 Å². The molecule has 1 fully saturated rings. The molecule has 0 aromatic heterocycles. The van der Waals surface area contributed by atoms with Gasteiger partial charge >= 0.3 is 0 Å². The molecule has 4 atom stereocenters. The zero-order chi connectivity index (χ0) is 10.9. The number of phosphoric ester groups is 1. The van der Waals surface area contributed by atoms with E-state index in [2.05, 4.69) is 9.26 Å². The summed E-state index contributed by atoms with van der Waals surface area (Å²) in [5.74, 6) is 0. The van der Waals surface area contributed by atoms with Gasteiger partial charge in [-0.1, -0.05) is 0 Å². The lowest BCUT2D eigenvalue weighted by atomic mass is 10.1. The van der Waals surface area contributed by atoms with Crippen LogP contribution < -0.4 is 9.79 Å². The number of ether oxygens (including phenoxy) is 1. The van der Waals surface area contributed by atoms with Crippen LogP contribution in [0.25, 0.3) is 0 Å². The van der Waals surface area contributed by atoms with E-state index in [4.69, 9.17) is 15.3 Å². The fraction of sp³-hybridized carbons (Fsp3) is 1.00. The molecule has 0 saturated carbocycles. The Hall–Kier alpha value is -0.0500. The van der Waals surface area contributed by atoms with Gasteiger partial charge in [-0.3, -0.25) is 0 Å². The molecule has 9 heteroatoms. The molecule has 84 valence electrons. The molecule has 8 nitrogen and oxygen atoms in total. The highest BCUT2D eigenvalue weighted by Crippen LogP contribution is 2.31. The largest absolute Gasteiger partial charge is 0.790 e. The Morgan fingerprint density at radius 1 is 1.29 bits per heavy atom. The number of rotatable bonds is 2. The molecule has 14 heavy (non-hydrogen) atoms. The van der Waals surface area contributed by atoms with Crippen molar-refractivity contribution in [2.45, 2.75) is 24.6 Å². The van der Waals surface area contributed by atoms with E-state index in [1.54, 1.807) is 0 Å². The Bertz CT molecular complexity index is 238. The topological polar surface area (TPSA) is 142 Å². The Kier molecular flexibility index (Phi) is 3.62. The maximum atomic E-state index is 10.1. The monoisotopic (exact) mass is 228 g/mol. The van der Waals surface area contributed by atoms with Gasteiger partial charge in [-0.2, -0.15) is 0 Å². The molecule has 0 bridgehead atoms. The molecule has 1 aliphatic rings. The Balaban J connectivity index is 2.60. The van der Waals surface area contributed by atoms with E-state index < -0.39 is 39.0 Å². The highest BCUT2D eigenvalue weighted by atomic mass is 31.2. The van der Waals surface area contributed by atoms with Crippen LogP contribution in [0.1, 0.15) is 0 Å². The zero-order valence-electron chi connectivity index (χ0n) is 6.85. The average molecular weight is 228 g/mol. The number of aliphatic hydroxyl groups excluding tert-OH is 3. The second-order valence-corrected chi connectivity index (χ2v) is 3.91. The van der Waals surface area contributed by atoms with E-state index in [0.29, 0.717) is 0 Å². The molecular weight excluding hydrogens is 219 g/mol. The number of aliphatic hydroxyl groups is 3. The molecule has 1 heterocycles. The smallest absolute Gasteiger partial charge is 0.190 e. The van der Waals surface area contributed by atoms with Gasteiger partial charge in [0.05, 0.1) is 14.4 Å². The zero-order valence-corrected chi connectivity index (χ0v) is 7.74. The molecule has 0 aromatic carbocycles. The van der Waals surface area contributed by atoms with Crippen LogP contribution in [0.3, 0.4) is 0 Å². The second-order valence-electron chi connectivity index (χ2n) is 2.80. The minimum atomic E-state index is -5.30. The summed E-state index contributed by atoms with van der Waals surface area (Å²) < 4.78 is 18.5. The van der Waals surface area contributed by atoms with Gasteiger partial charge in [0, 0.05) is 0 Å². The molecule has 1 aliphatic heterocycles. The van der Waals surface area contributed by atoms with Crippen LogP contribution in [-0.4, -0.2) is 46.5 Å². The van der Waals surface area contributed by atoms with Crippen LogP contribution in [-0.2, 0) is 13.8 Å². The molecule has 0 aliphatic carbocycles. The average Bonchev–Trinajstić information content (AvgIpc) is 2.04. The first-order valence-corrected chi connectivity index (χ1v) is 5.13. The van der Waals surface area contributed by atoms with Crippen molar-refractivity contribution >= 4 is 7.82 Å². The summed E-state index contributed by atoms with van der Waals surface area (Å²) in [5, 5.41) is 27.1. The van der Waals surface area contributed by atoms with E-state index >= 15 is 0 Å². The third-order valence-corrected chi connectivity index (χ3v) is 2.15. The van der Waals surface area contributed by atoms with E-state index in [9.17, 15) is 14.4 Å². The van der Waals surface area contributed by atoms with Crippen molar-refractivity contribution in [1.82, 2.24) is 0 Å². The number of hydrogen-bond donors (Lipinski definition) is 3. The maximum Gasteiger partial charge on any atom is 0.190 e. The molecular formula is C5H9O8P-2. The van der Waals surface area contributed by atoms with Crippen LogP contribution >= 0.6 is 7.82 Å². The third kappa shape index (κ3) is 2.97. The molecule has 0 spiro atoms. The molecule has 1 rings (SSSR count). The highest BCUT2D eigenvalue weighted by molar-refractivity contribution is 7.43. The lowest BCUT2D eigenvalue weighted by Crippen LogP contribution is -2.54. The van der Waals surface area contributed by atoms with E-state index in [0.717, 1.165) is 0 Å². The van der Waals surface area contributed by atoms with Gasteiger partial charge < -0.3 is 38.9 Å². The van der Waals surface area contributed by atoms with Crippen molar-refractivity contribution in [3.8, 4) is 0 Å². The van der Waals surface area contributed by atoms with Crippen molar-refractivity contribution in [2.24, 2.45) is 0 Å². The quantitative estimate of drug-likeness (QED) is 0.409. The van der Waals surface area contributed by atoms with Gasteiger partial charge in [0.2, 0.25) is 0 Å². The molecule has 0 aromatic rings. The molecule has 0 radical (unpaired) electrons. The first kappa shape index (κ1) is 12.0. The van der Waals surface area contributed by atoms with Crippen LogP contribution in [0.2, 0.25) is 0 Å². The van der Waals surface area contributed by atoms with E-state index in [1.807, 2.05) is 0 Å². The van der Waals surface area contributed by atoms with Gasteiger partial charge in [0.1, 0.15) is 18.3 Å². The van der Waals surface area contributed by atoms with Gasteiger partial charge in [0.25, 0.3) is 0 Å². The lowest BCUT2D eigenvalue weighted by molar-refractivity contribution is -0.363. The SMILES string of the molecule is O=P([O-])([O-])O[C@H]1OC[C@H](O)[C@H](O)[C@H]1O. The van der Waals surface area contributed by atoms with Crippen LogP contribution in [0.4, 0.5) is 0 Å². The van der Waals surface area contributed by atoms with Crippen molar-refractivity contribution < 1.29 is 38.9 Å². The lowest BCUT2D eigenvalue weighted by Gasteiger charge is -2.40. The van der Waals surface area contributed by atoms with Crippen molar-refractivity contribution in [3.63, 3.8) is 0 Å². The van der Waals surface area contributed by atoms with Crippen LogP contribution in [0.5, 0.6) is 0 Å². The number of hydrogen-bond acceptors (Lipinski definition) is 8. The van der Waals surface area contributed by atoms with Gasteiger partial charge in [-0.25, -0.2) is 0 Å². The molecule has 1 saturated heterocycles. The first-order valence-electron chi connectivity index (χ1n) is 3.67. The molecule has 0 unspecified atom stereocenters. The normalized spacial score (nSPS) is 39.8. The summed E-state index contributed by atoms with van der Waals surface area (Å²) in [5.41, 5.74) is 0. The summed E-state index contributed by atoms with van der Waals surface area (Å²) >= 11 is 0. The predicted molar refractivity (Wildman–Crippen MR) is 36.5 cm³/mol. The standard InChI is InChI=1S/C5H11O8P/c6-2-1-12-5(4(8)3(2)7)13-14(9,10)11/h2-8H,1H2,(H2,9,10,11)/p-2/t2-,3-,4+,5+/m0/s1. The summed E-state index contributed by atoms with van der Waals surface area (Å²) in [4.78, 5) is 20.3. The fourth-order valence-electron chi connectivity index (χ4n) is 0.999. The predicted octanol–water partition coefficient (Wildman–Crippen LogP) is -3.73. The first-order chi connectivity index (χ1) is 6.31. The van der Waals surface area contributed by atoms with Crippen LogP contribution in [0, 0.1) is 0 Å². The van der Waals surface area contributed by atoms with Gasteiger partial charge in [-0.05, 0) is 0 Å². The van der Waals surface area contributed by atoms with Crippen molar-refractivity contribution in [3.05, 3.63) is 0 Å². The minimum absolute atomic E-state index is 0.428. The summed E-state index contributed by atoms with van der Waals surface area (Å²) in [6.45, 7) is -0.428. The summed E-state index contributed by atoms with van der Waals surface area (Å²) in [7, 11) is -5.30. The van der Waals surface area contributed by atoms with Gasteiger partial charge in [0.15, 0.2) is 6.29 Å². The summed E-state index contributed by atoms with van der Waals surface area (Å²) in [6.07, 6.45) is -6.51. The Morgan fingerprint density at radius 2 is 1.86 bits per heavy atom. The van der Waals surface area contributed by atoms with Crippen molar-refractivity contribution in [1.29, 1.82) is 0 Å². The Labute approximate surface area is 78.9 Å². The van der Waals surface area contributed by atoms with E-state index in [-0.39, 0.29) is 0 Å². The third-order valence-electron chi connectivity index (χ3n) is 1.69. The van der Waals surface area contributed by atoms with E-state index in [1.165, 1.54) is 0 Å². The highest BCUT2D eigenvalue weighted by Gasteiger charge is 2.38.